The number of benzene rings is 3. The molecule has 0 radical (unpaired) electrons. The Morgan fingerprint density at radius 3 is 2.18 bits per heavy atom. The van der Waals surface area contributed by atoms with Crippen molar-refractivity contribution in [2.75, 3.05) is 5.32 Å². The van der Waals surface area contributed by atoms with Gasteiger partial charge < -0.3 is 5.32 Å². The summed E-state index contributed by atoms with van der Waals surface area (Å²) in [4.78, 5) is 13.8. The number of hydrogen-bond donors (Lipinski definition) is 1. The zero-order valence-corrected chi connectivity index (χ0v) is 18.8. The molecule has 4 nitrogen and oxygen atoms in total. The number of halogens is 5. The number of hydrogen-bond acceptors (Lipinski definition) is 3. The molecule has 0 fully saturated rings. The summed E-state index contributed by atoms with van der Waals surface area (Å²) in [5, 5.41) is 12.3. The fourth-order valence-electron chi connectivity index (χ4n) is 4.10. The molecule has 0 aromatic heterocycles. The molecule has 3 aromatic rings. The molecule has 1 aliphatic heterocycles. The third kappa shape index (κ3) is 4.48. The normalized spacial score (nSPS) is 22.4. The van der Waals surface area contributed by atoms with E-state index in [1.165, 1.54) is 12.1 Å². The smallest absolute Gasteiger partial charge is 0.324 e. The number of alkyl halides is 3. The van der Waals surface area contributed by atoms with Crippen LogP contribution in [0.15, 0.2) is 83.0 Å². The van der Waals surface area contributed by atoms with E-state index in [-0.39, 0.29) is 5.56 Å². The van der Waals surface area contributed by atoms with Crippen LogP contribution in [0.25, 0.3) is 0 Å². The predicted octanol–water partition coefficient (Wildman–Crippen LogP) is 7.48. The number of carbonyl (C=O) groups is 1. The average molecular weight is 492 g/mol. The van der Waals surface area contributed by atoms with Gasteiger partial charge in [0.05, 0.1) is 11.6 Å². The first kappa shape index (κ1) is 23.3. The Bertz CT molecular complexity index is 1200. The topological polar surface area (TPSA) is 53.8 Å². The highest BCUT2D eigenvalue weighted by molar-refractivity contribution is 6.30. The fraction of sp³-hybridized carbons (Fsp3) is 0.208. The van der Waals surface area contributed by atoms with Gasteiger partial charge in [-0.25, -0.2) is 0 Å². The van der Waals surface area contributed by atoms with Gasteiger partial charge in [-0.1, -0.05) is 47.5 Å². The molecule has 0 saturated carbocycles. The first-order chi connectivity index (χ1) is 15.6. The first-order valence-corrected chi connectivity index (χ1v) is 10.8. The minimum Gasteiger partial charge on any atom is -0.324 e. The van der Waals surface area contributed by atoms with Gasteiger partial charge in [-0.3, -0.25) is 4.79 Å². The van der Waals surface area contributed by atoms with Crippen LogP contribution in [-0.2, 0) is 16.5 Å². The molecule has 1 unspecified atom stereocenters. The second kappa shape index (κ2) is 8.80. The summed E-state index contributed by atoms with van der Waals surface area (Å²) in [6, 6.07) is 17.4. The first-order valence-electron chi connectivity index (χ1n) is 10.0. The number of rotatable bonds is 4. The highest BCUT2D eigenvalue weighted by Crippen LogP contribution is 2.50. The van der Waals surface area contributed by atoms with Gasteiger partial charge in [-0.2, -0.15) is 23.4 Å². The Morgan fingerprint density at radius 1 is 0.970 bits per heavy atom. The molecule has 1 N–H and O–H groups in total. The standard InChI is InChI=1S/C24H18Cl2F3N3O/c1-14-21(15-5-7-18(25)8-6-15)23(32-31-14,16-3-2-4-17(13-16)24(27,28)29)22(33)30-20-11-9-19(26)10-12-20/h2-14,21H,1H3,(H,30,33)/t14?,21-,23-/m1/s1. The molecule has 0 spiro atoms. The lowest BCUT2D eigenvalue weighted by Crippen LogP contribution is -2.44. The molecule has 0 saturated heterocycles. The summed E-state index contributed by atoms with van der Waals surface area (Å²) in [6.45, 7) is 1.77. The molecule has 9 heteroatoms. The molecule has 170 valence electrons. The average Bonchev–Trinajstić information content (AvgIpc) is 3.13. The van der Waals surface area contributed by atoms with Gasteiger partial charge >= 0.3 is 6.18 Å². The van der Waals surface area contributed by atoms with Crippen molar-refractivity contribution in [2.24, 2.45) is 10.2 Å². The maximum atomic E-state index is 13.8. The third-order valence-electron chi connectivity index (χ3n) is 5.64. The molecule has 1 amide bonds. The highest BCUT2D eigenvalue weighted by Gasteiger charge is 2.55. The van der Waals surface area contributed by atoms with E-state index in [0.717, 1.165) is 12.1 Å². The second-order valence-electron chi connectivity index (χ2n) is 7.79. The fourth-order valence-corrected chi connectivity index (χ4v) is 4.35. The molecule has 0 bridgehead atoms. The minimum absolute atomic E-state index is 0.0943. The van der Waals surface area contributed by atoms with Crippen LogP contribution >= 0.6 is 23.2 Å². The molecular formula is C24H18Cl2F3N3O. The van der Waals surface area contributed by atoms with Crippen LogP contribution in [0.5, 0.6) is 0 Å². The third-order valence-corrected chi connectivity index (χ3v) is 6.14. The quantitative estimate of drug-likeness (QED) is 0.403. The summed E-state index contributed by atoms with van der Waals surface area (Å²) in [7, 11) is 0. The Hall–Kier alpha value is -2.90. The lowest BCUT2D eigenvalue weighted by Gasteiger charge is -2.33. The van der Waals surface area contributed by atoms with Crippen LogP contribution in [-0.4, -0.2) is 11.9 Å². The SMILES string of the molecule is CC1N=N[C@](C(=O)Nc2ccc(Cl)cc2)(c2cccc(C(F)(F)F)c2)[C@H]1c1ccc(Cl)cc1. The van der Waals surface area contributed by atoms with Gasteiger partial charge in [-0.05, 0) is 66.6 Å². The summed E-state index contributed by atoms with van der Waals surface area (Å²) in [5.74, 6) is -1.26. The number of nitrogens with zero attached hydrogens (tertiary/aromatic N) is 2. The van der Waals surface area contributed by atoms with Crippen molar-refractivity contribution < 1.29 is 18.0 Å². The summed E-state index contributed by atoms with van der Waals surface area (Å²) in [5.41, 5.74) is -1.39. The lowest BCUT2D eigenvalue weighted by molar-refractivity contribution is -0.137. The van der Waals surface area contributed by atoms with E-state index in [4.69, 9.17) is 23.2 Å². The Labute approximate surface area is 198 Å². The van der Waals surface area contributed by atoms with Gasteiger partial charge in [0, 0.05) is 21.7 Å². The van der Waals surface area contributed by atoms with E-state index in [1.807, 2.05) is 0 Å². The van der Waals surface area contributed by atoms with Crippen LogP contribution in [0, 0.1) is 0 Å². The molecule has 3 aromatic carbocycles. The van der Waals surface area contributed by atoms with Crippen molar-refractivity contribution in [1.29, 1.82) is 0 Å². The Balaban J connectivity index is 1.88. The molecule has 33 heavy (non-hydrogen) atoms. The van der Waals surface area contributed by atoms with Crippen molar-refractivity contribution in [2.45, 2.75) is 30.6 Å². The summed E-state index contributed by atoms with van der Waals surface area (Å²) >= 11 is 12.0. The van der Waals surface area contributed by atoms with Crippen LogP contribution in [0.4, 0.5) is 18.9 Å². The van der Waals surface area contributed by atoms with Gasteiger partial charge in [0.25, 0.3) is 5.91 Å². The van der Waals surface area contributed by atoms with E-state index in [2.05, 4.69) is 15.5 Å². The minimum atomic E-state index is -4.58. The highest BCUT2D eigenvalue weighted by atomic mass is 35.5. The number of azo groups is 1. The molecule has 3 atom stereocenters. The molecule has 0 aliphatic carbocycles. The van der Waals surface area contributed by atoms with E-state index in [9.17, 15) is 18.0 Å². The van der Waals surface area contributed by atoms with E-state index < -0.39 is 35.1 Å². The van der Waals surface area contributed by atoms with Crippen molar-refractivity contribution in [3.8, 4) is 0 Å². The van der Waals surface area contributed by atoms with Crippen LogP contribution in [0.3, 0.4) is 0 Å². The van der Waals surface area contributed by atoms with Crippen LogP contribution in [0.2, 0.25) is 10.0 Å². The molecule has 1 aliphatic rings. The van der Waals surface area contributed by atoms with Crippen LogP contribution in [0.1, 0.15) is 29.5 Å². The largest absolute Gasteiger partial charge is 0.416 e. The predicted molar refractivity (Wildman–Crippen MR) is 122 cm³/mol. The maximum Gasteiger partial charge on any atom is 0.416 e. The van der Waals surface area contributed by atoms with Gasteiger partial charge in [0.15, 0.2) is 5.54 Å². The van der Waals surface area contributed by atoms with Crippen molar-refractivity contribution in [3.05, 3.63) is 99.5 Å². The van der Waals surface area contributed by atoms with Gasteiger partial charge in [0.2, 0.25) is 0 Å². The van der Waals surface area contributed by atoms with E-state index in [1.54, 1.807) is 55.5 Å². The second-order valence-corrected chi connectivity index (χ2v) is 8.66. The Morgan fingerprint density at radius 2 is 1.58 bits per heavy atom. The van der Waals surface area contributed by atoms with Gasteiger partial charge in [0.1, 0.15) is 0 Å². The van der Waals surface area contributed by atoms with E-state index in [0.29, 0.717) is 21.3 Å². The molecule has 1 heterocycles. The van der Waals surface area contributed by atoms with E-state index >= 15 is 0 Å². The molecule has 4 rings (SSSR count). The summed E-state index contributed by atoms with van der Waals surface area (Å²) < 4.78 is 40.6. The molecular weight excluding hydrogens is 474 g/mol. The number of anilines is 1. The zero-order chi connectivity index (χ0) is 23.8. The van der Waals surface area contributed by atoms with Crippen molar-refractivity contribution in [3.63, 3.8) is 0 Å². The number of nitrogens with one attached hydrogen (secondary N) is 1. The lowest BCUT2D eigenvalue weighted by atomic mass is 9.72. The monoisotopic (exact) mass is 491 g/mol. The van der Waals surface area contributed by atoms with Gasteiger partial charge in [-0.15, -0.1) is 0 Å². The summed E-state index contributed by atoms with van der Waals surface area (Å²) in [6.07, 6.45) is -4.58. The Kier molecular flexibility index (Phi) is 6.20. The zero-order valence-electron chi connectivity index (χ0n) is 17.3. The maximum absolute atomic E-state index is 13.8. The number of amides is 1. The van der Waals surface area contributed by atoms with Crippen molar-refractivity contribution >= 4 is 34.8 Å². The number of carbonyl (C=O) groups excluding carboxylic acids is 1. The van der Waals surface area contributed by atoms with Crippen molar-refractivity contribution in [1.82, 2.24) is 0 Å². The van der Waals surface area contributed by atoms with Crippen LogP contribution < -0.4 is 5.32 Å².